The first kappa shape index (κ1) is 10.6. The topological polar surface area (TPSA) is 34.1 Å². The molecule has 0 amide bonds. The minimum absolute atomic E-state index is 0.656. The summed E-state index contributed by atoms with van der Waals surface area (Å²) in [5.74, 6) is 0. The molecule has 0 aromatic rings. The number of carbonyl (C=O) groups excluding carboxylic acids is 2. The summed E-state index contributed by atoms with van der Waals surface area (Å²) in [5.41, 5.74) is 1.31. The Morgan fingerprint density at radius 2 is 1.17 bits per heavy atom. The highest BCUT2D eigenvalue weighted by Crippen LogP contribution is 1.90. The normalized spacial score (nSPS) is 13.5. The lowest BCUT2D eigenvalue weighted by Gasteiger charge is -1.81. The summed E-state index contributed by atoms with van der Waals surface area (Å²) >= 11 is 0. The zero-order valence-corrected chi connectivity index (χ0v) is 7.28. The van der Waals surface area contributed by atoms with E-state index in [-0.39, 0.29) is 0 Å². The van der Waals surface area contributed by atoms with Gasteiger partial charge in [0, 0.05) is 0 Å². The van der Waals surface area contributed by atoms with Crippen LogP contribution in [0.5, 0.6) is 0 Å². The molecule has 0 fully saturated rings. The van der Waals surface area contributed by atoms with Gasteiger partial charge in [0.1, 0.15) is 12.6 Å². The van der Waals surface area contributed by atoms with Crippen molar-refractivity contribution in [3.05, 3.63) is 35.5 Å². The fraction of sp³-hybridized carbons (Fsp3) is 0.200. The molecule has 64 valence electrons. The lowest BCUT2D eigenvalue weighted by molar-refractivity contribution is -0.105. The first-order valence-corrected chi connectivity index (χ1v) is 3.63. The zero-order chi connectivity index (χ0) is 9.40. The summed E-state index contributed by atoms with van der Waals surface area (Å²) in [6.45, 7) is 3.43. The van der Waals surface area contributed by atoms with Crippen LogP contribution in [-0.2, 0) is 9.59 Å². The van der Waals surface area contributed by atoms with Crippen LogP contribution in [-0.4, -0.2) is 12.6 Å². The van der Waals surface area contributed by atoms with E-state index in [2.05, 4.69) is 0 Å². The highest BCUT2D eigenvalue weighted by atomic mass is 16.1. The van der Waals surface area contributed by atoms with Crippen molar-refractivity contribution in [2.24, 2.45) is 0 Å². The molecule has 0 aliphatic rings. The van der Waals surface area contributed by atoms with Crippen molar-refractivity contribution in [2.45, 2.75) is 13.8 Å². The van der Waals surface area contributed by atoms with Crippen LogP contribution in [0.25, 0.3) is 0 Å². The molecule has 0 aromatic heterocycles. The maximum atomic E-state index is 10.1. The summed E-state index contributed by atoms with van der Waals surface area (Å²) in [6.07, 6.45) is 8.36. The molecule has 12 heavy (non-hydrogen) atoms. The quantitative estimate of drug-likeness (QED) is 0.361. The molecule has 0 unspecified atom stereocenters. The van der Waals surface area contributed by atoms with E-state index in [9.17, 15) is 9.59 Å². The predicted octanol–water partition coefficient (Wildman–Crippen LogP) is 1.83. The maximum Gasteiger partial charge on any atom is 0.145 e. The Morgan fingerprint density at radius 1 is 0.833 bits per heavy atom. The molecule has 0 rings (SSSR count). The Kier molecular flexibility index (Phi) is 5.53. The third-order valence-corrected chi connectivity index (χ3v) is 1.20. The Labute approximate surface area is 72.3 Å². The number of aldehydes is 2. The summed E-state index contributed by atoms with van der Waals surface area (Å²) in [7, 11) is 0. The molecule has 0 saturated heterocycles. The van der Waals surface area contributed by atoms with Crippen LogP contribution in [0.3, 0.4) is 0 Å². The molecule has 0 aliphatic carbocycles. The van der Waals surface area contributed by atoms with Gasteiger partial charge in [0.25, 0.3) is 0 Å². The van der Waals surface area contributed by atoms with E-state index < -0.39 is 0 Å². The van der Waals surface area contributed by atoms with Gasteiger partial charge < -0.3 is 0 Å². The average molecular weight is 164 g/mol. The molecule has 0 N–H and O–H groups in total. The smallest absolute Gasteiger partial charge is 0.145 e. The summed E-state index contributed by atoms with van der Waals surface area (Å²) in [4.78, 5) is 20.2. The Morgan fingerprint density at radius 3 is 1.42 bits per heavy atom. The zero-order valence-electron chi connectivity index (χ0n) is 7.28. The maximum absolute atomic E-state index is 10.1. The van der Waals surface area contributed by atoms with Gasteiger partial charge in [0.2, 0.25) is 0 Å². The minimum Gasteiger partial charge on any atom is -0.298 e. The standard InChI is InChI=1S/C10H12O2/c1-9(7-11)5-3-4-6-10(2)8-12/h3-8H,1-2H3. The second-order valence-corrected chi connectivity index (χ2v) is 2.44. The van der Waals surface area contributed by atoms with Crippen LogP contribution in [0.4, 0.5) is 0 Å². The first-order chi connectivity index (χ1) is 5.70. The Hall–Kier alpha value is -1.44. The van der Waals surface area contributed by atoms with Gasteiger partial charge in [-0.05, 0) is 25.0 Å². The minimum atomic E-state index is 0.656. The second kappa shape index (κ2) is 6.28. The first-order valence-electron chi connectivity index (χ1n) is 3.63. The second-order valence-electron chi connectivity index (χ2n) is 2.44. The van der Waals surface area contributed by atoms with Crippen LogP contribution < -0.4 is 0 Å². The Bertz CT molecular complexity index is 219. The van der Waals surface area contributed by atoms with Crippen molar-refractivity contribution >= 4 is 12.6 Å². The van der Waals surface area contributed by atoms with Crippen LogP contribution in [0.15, 0.2) is 35.5 Å². The summed E-state index contributed by atoms with van der Waals surface area (Å²) < 4.78 is 0. The molecule has 0 heterocycles. The van der Waals surface area contributed by atoms with Crippen molar-refractivity contribution in [2.75, 3.05) is 0 Å². The molecule has 0 radical (unpaired) electrons. The van der Waals surface area contributed by atoms with E-state index in [1.165, 1.54) is 0 Å². The third-order valence-electron chi connectivity index (χ3n) is 1.20. The number of allylic oxidation sites excluding steroid dienone is 6. The number of carbonyl (C=O) groups is 2. The van der Waals surface area contributed by atoms with Gasteiger partial charge in [-0.3, -0.25) is 9.59 Å². The molecule has 0 aliphatic heterocycles. The SMILES string of the molecule is CC(C=O)=CC=CC=C(C)C=O. The van der Waals surface area contributed by atoms with Gasteiger partial charge in [-0.25, -0.2) is 0 Å². The molecular weight excluding hydrogens is 152 g/mol. The molecule has 0 spiro atoms. The lowest BCUT2D eigenvalue weighted by atomic mass is 10.2. The molecular formula is C10H12O2. The monoisotopic (exact) mass is 164 g/mol. The number of rotatable bonds is 4. The van der Waals surface area contributed by atoms with Crippen molar-refractivity contribution in [3.63, 3.8) is 0 Å². The number of hydrogen-bond donors (Lipinski definition) is 0. The Balaban J connectivity index is 4.09. The van der Waals surface area contributed by atoms with E-state index in [1.54, 1.807) is 38.2 Å². The molecule has 0 bridgehead atoms. The summed E-state index contributed by atoms with van der Waals surface area (Å²) in [5, 5.41) is 0. The van der Waals surface area contributed by atoms with Gasteiger partial charge in [-0.2, -0.15) is 0 Å². The molecule has 2 nitrogen and oxygen atoms in total. The average Bonchev–Trinajstić information content (AvgIpc) is 2.11. The van der Waals surface area contributed by atoms with Gasteiger partial charge in [-0.1, -0.05) is 24.3 Å². The van der Waals surface area contributed by atoms with Crippen molar-refractivity contribution < 1.29 is 9.59 Å². The van der Waals surface area contributed by atoms with Crippen LogP contribution >= 0.6 is 0 Å². The number of hydrogen-bond acceptors (Lipinski definition) is 2. The van der Waals surface area contributed by atoms with Crippen molar-refractivity contribution in [1.82, 2.24) is 0 Å². The largest absolute Gasteiger partial charge is 0.298 e. The highest BCUT2D eigenvalue weighted by Gasteiger charge is 1.79. The van der Waals surface area contributed by atoms with E-state index >= 15 is 0 Å². The lowest BCUT2D eigenvalue weighted by Crippen LogP contribution is -1.73. The predicted molar refractivity (Wildman–Crippen MR) is 48.8 cm³/mol. The van der Waals surface area contributed by atoms with Crippen LogP contribution in [0.1, 0.15) is 13.8 Å². The van der Waals surface area contributed by atoms with Crippen molar-refractivity contribution in [1.29, 1.82) is 0 Å². The van der Waals surface area contributed by atoms with E-state index in [1.807, 2.05) is 0 Å². The summed E-state index contributed by atoms with van der Waals surface area (Å²) in [6, 6.07) is 0. The highest BCUT2D eigenvalue weighted by molar-refractivity contribution is 5.73. The molecule has 2 heteroatoms. The van der Waals surface area contributed by atoms with Crippen molar-refractivity contribution in [3.8, 4) is 0 Å². The molecule has 0 aromatic carbocycles. The van der Waals surface area contributed by atoms with Crippen LogP contribution in [0, 0.1) is 0 Å². The van der Waals surface area contributed by atoms with E-state index in [0.29, 0.717) is 11.1 Å². The van der Waals surface area contributed by atoms with E-state index in [0.717, 1.165) is 12.6 Å². The molecule has 0 saturated carbocycles. The van der Waals surface area contributed by atoms with Gasteiger partial charge in [0.05, 0.1) is 0 Å². The third kappa shape index (κ3) is 5.35. The van der Waals surface area contributed by atoms with E-state index in [4.69, 9.17) is 0 Å². The van der Waals surface area contributed by atoms with Gasteiger partial charge in [-0.15, -0.1) is 0 Å². The van der Waals surface area contributed by atoms with Gasteiger partial charge >= 0.3 is 0 Å². The fourth-order valence-electron chi connectivity index (χ4n) is 0.493. The van der Waals surface area contributed by atoms with Gasteiger partial charge in [0.15, 0.2) is 0 Å². The van der Waals surface area contributed by atoms with Crippen LogP contribution in [0.2, 0.25) is 0 Å². The molecule has 0 atom stereocenters. The fourth-order valence-corrected chi connectivity index (χ4v) is 0.493.